The maximum Gasteiger partial charge on any atom is 0.225 e. The van der Waals surface area contributed by atoms with Gasteiger partial charge in [0.15, 0.2) is 0 Å². The van der Waals surface area contributed by atoms with E-state index in [1.807, 2.05) is 36.4 Å². The Morgan fingerprint density at radius 1 is 0.581 bits per heavy atom. The molecule has 4 heterocycles. The molecule has 1 spiro atoms. The first-order chi connectivity index (χ1) is 21.2. The lowest BCUT2D eigenvalue weighted by Crippen LogP contribution is -2.31. The molecule has 0 unspecified atom stereocenters. The second kappa shape index (κ2) is 10.5. The molecule has 0 aromatic heterocycles. The number of hydrogen-bond acceptors (Lipinski definition) is 6. The number of aliphatic imine (C=N–C) groups is 2. The van der Waals surface area contributed by atoms with Crippen LogP contribution >= 0.6 is 0 Å². The molecule has 216 valence electrons. The molecular formula is C37H34N2O4. The summed E-state index contributed by atoms with van der Waals surface area (Å²) in [5.74, 6) is 0.130. The topological polar surface area (TPSA) is 61.6 Å². The standard InChI is InChI=1S/C37H34N2O4/c1-3-31-25-17-11-19-27(35-38-29(21-40-35)23-13-7-5-8-14-23)33(25)37(42-31)34-26(32(4-2)43-37)18-12-20-28(34)36-39-30(22-41-36)24-15-9-6-10-16-24/h5-20,29-32H,3-4,21-22H2,1-2H3/t29-,30-,31-,32-,37?/m0/s1. The summed E-state index contributed by atoms with van der Waals surface area (Å²) in [6.07, 6.45) is 1.34. The van der Waals surface area contributed by atoms with Crippen molar-refractivity contribution >= 4 is 11.8 Å². The maximum atomic E-state index is 7.07. The number of fused-ring (bicyclic) bond motifs is 4. The lowest BCUT2D eigenvalue weighted by atomic mass is 9.86. The van der Waals surface area contributed by atoms with Crippen LogP contribution in [0.5, 0.6) is 0 Å². The van der Waals surface area contributed by atoms with Crippen LogP contribution in [-0.4, -0.2) is 25.0 Å². The molecule has 43 heavy (non-hydrogen) atoms. The highest BCUT2D eigenvalue weighted by Gasteiger charge is 2.57. The highest BCUT2D eigenvalue weighted by atomic mass is 16.7. The van der Waals surface area contributed by atoms with E-state index in [1.165, 1.54) is 0 Å². The van der Waals surface area contributed by atoms with E-state index in [2.05, 4.69) is 74.5 Å². The molecule has 4 aromatic rings. The van der Waals surface area contributed by atoms with Gasteiger partial charge < -0.3 is 18.9 Å². The van der Waals surface area contributed by atoms with Crippen molar-refractivity contribution in [3.05, 3.63) is 142 Å². The zero-order valence-corrected chi connectivity index (χ0v) is 24.4. The van der Waals surface area contributed by atoms with Gasteiger partial charge >= 0.3 is 0 Å². The molecule has 8 rings (SSSR count). The van der Waals surface area contributed by atoms with Crippen molar-refractivity contribution in [1.29, 1.82) is 0 Å². The summed E-state index contributed by atoms with van der Waals surface area (Å²) >= 11 is 0. The van der Waals surface area contributed by atoms with Crippen molar-refractivity contribution < 1.29 is 18.9 Å². The average Bonchev–Trinajstić information content (AvgIpc) is 3.87. The summed E-state index contributed by atoms with van der Waals surface area (Å²) in [6.45, 7) is 5.31. The fraction of sp³-hybridized carbons (Fsp3) is 0.297. The lowest BCUT2D eigenvalue weighted by molar-refractivity contribution is -0.236. The molecule has 6 nitrogen and oxygen atoms in total. The Balaban J connectivity index is 1.29. The number of ether oxygens (including phenoxy) is 4. The summed E-state index contributed by atoms with van der Waals surface area (Å²) < 4.78 is 26.8. The highest BCUT2D eigenvalue weighted by Crippen LogP contribution is 2.59. The first kappa shape index (κ1) is 26.4. The molecule has 6 heteroatoms. The Morgan fingerprint density at radius 3 is 1.44 bits per heavy atom. The Bertz CT molecular complexity index is 1600. The molecule has 0 saturated heterocycles. The van der Waals surface area contributed by atoms with Crippen LogP contribution in [-0.2, 0) is 24.7 Å². The van der Waals surface area contributed by atoms with E-state index in [1.54, 1.807) is 0 Å². The van der Waals surface area contributed by atoms with Gasteiger partial charge in [0.25, 0.3) is 0 Å². The molecule has 0 fully saturated rings. The first-order valence-corrected chi connectivity index (χ1v) is 15.3. The predicted octanol–water partition coefficient (Wildman–Crippen LogP) is 7.89. The second-order valence-electron chi connectivity index (χ2n) is 11.5. The van der Waals surface area contributed by atoms with Gasteiger partial charge in [0.2, 0.25) is 17.6 Å². The molecule has 4 aromatic carbocycles. The molecule has 0 aliphatic carbocycles. The van der Waals surface area contributed by atoms with E-state index in [-0.39, 0.29) is 24.3 Å². The van der Waals surface area contributed by atoms with Crippen molar-refractivity contribution in [2.24, 2.45) is 9.98 Å². The van der Waals surface area contributed by atoms with Crippen LogP contribution in [0.3, 0.4) is 0 Å². The van der Waals surface area contributed by atoms with Crippen molar-refractivity contribution in [3.8, 4) is 0 Å². The Hall–Kier alpha value is -4.26. The molecule has 0 saturated carbocycles. The molecule has 4 atom stereocenters. The summed E-state index contributed by atoms with van der Waals surface area (Å²) in [4.78, 5) is 10.2. The third kappa shape index (κ3) is 4.15. The number of rotatable bonds is 6. The average molecular weight is 571 g/mol. The van der Waals surface area contributed by atoms with Gasteiger partial charge in [-0.15, -0.1) is 0 Å². The molecule has 0 bridgehead atoms. The maximum absolute atomic E-state index is 7.07. The fourth-order valence-electron chi connectivity index (χ4n) is 7.03. The molecule has 4 aliphatic rings. The van der Waals surface area contributed by atoms with E-state index in [4.69, 9.17) is 28.9 Å². The van der Waals surface area contributed by atoms with E-state index >= 15 is 0 Å². The van der Waals surface area contributed by atoms with Crippen molar-refractivity contribution in [1.82, 2.24) is 0 Å². The quantitative estimate of drug-likeness (QED) is 0.237. The minimum atomic E-state index is -1.13. The van der Waals surface area contributed by atoms with Crippen LogP contribution in [0.25, 0.3) is 0 Å². The van der Waals surface area contributed by atoms with Gasteiger partial charge in [0.1, 0.15) is 25.3 Å². The van der Waals surface area contributed by atoms with Gasteiger partial charge in [-0.3, -0.25) is 0 Å². The first-order valence-electron chi connectivity index (χ1n) is 15.3. The molecular weight excluding hydrogens is 536 g/mol. The molecule has 0 N–H and O–H groups in total. The predicted molar refractivity (Wildman–Crippen MR) is 165 cm³/mol. The largest absolute Gasteiger partial charge is 0.475 e. The van der Waals surface area contributed by atoms with Crippen molar-refractivity contribution in [3.63, 3.8) is 0 Å². The van der Waals surface area contributed by atoms with E-state index in [0.29, 0.717) is 25.0 Å². The Kier molecular flexibility index (Phi) is 6.42. The zero-order valence-electron chi connectivity index (χ0n) is 24.4. The molecule has 0 amide bonds. The van der Waals surface area contributed by atoms with Gasteiger partial charge in [-0.2, -0.15) is 0 Å². The minimum Gasteiger partial charge on any atom is -0.475 e. The number of hydrogen-bond donors (Lipinski definition) is 0. The van der Waals surface area contributed by atoms with Crippen LogP contribution in [0.1, 0.15) is 95.5 Å². The zero-order chi connectivity index (χ0) is 29.0. The van der Waals surface area contributed by atoms with Crippen LogP contribution in [0.2, 0.25) is 0 Å². The molecule has 0 radical (unpaired) electrons. The summed E-state index contributed by atoms with van der Waals surface area (Å²) in [7, 11) is 0. The highest BCUT2D eigenvalue weighted by molar-refractivity contribution is 6.00. The summed E-state index contributed by atoms with van der Waals surface area (Å²) in [5, 5.41) is 0. The second-order valence-corrected chi connectivity index (χ2v) is 11.5. The Labute approximate surface area is 252 Å². The Morgan fingerprint density at radius 2 is 1.02 bits per heavy atom. The van der Waals surface area contributed by atoms with Crippen molar-refractivity contribution in [2.45, 2.75) is 56.8 Å². The van der Waals surface area contributed by atoms with E-state index in [0.717, 1.165) is 57.3 Å². The minimum absolute atomic E-state index is 0.0563. The summed E-state index contributed by atoms with van der Waals surface area (Å²) in [6, 6.07) is 33.2. The van der Waals surface area contributed by atoms with Gasteiger partial charge in [-0.25, -0.2) is 9.98 Å². The third-order valence-corrected chi connectivity index (χ3v) is 9.03. The van der Waals surface area contributed by atoms with E-state index < -0.39 is 5.79 Å². The van der Waals surface area contributed by atoms with Gasteiger partial charge in [-0.05, 0) is 47.2 Å². The van der Waals surface area contributed by atoms with E-state index in [9.17, 15) is 0 Å². The lowest BCUT2D eigenvalue weighted by Gasteiger charge is -2.29. The summed E-state index contributed by atoms with van der Waals surface area (Å²) in [5.41, 5.74) is 8.31. The van der Waals surface area contributed by atoms with Crippen LogP contribution in [0.4, 0.5) is 0 Å². The van der Waals surface area contributed by atoms with Crippen molar-refractivity contribution in [2.75, 3.05) is 13.2 Å². The SMILES string of the molecule is CC[C@@H]1OC2(O[C@@H](CC)c3cccc(C4=N[C@H](c5ccccc5)CO4)c32)c2c(C3=N[C@H](c4ccccc4)CO3)cccc21. The van der Waals surface area contributed by atoms with Crippen LogP contribution < -0.4 is 0 Å². The van der Waals surface area contributed by atoms with Crippen LogP contribution in [0.15, 0.2) is 107 Å². The number of benzene rings is 4. The fourth-order valence-corrected chi connectivity index (χ4v) is 7.03. The van der Waals surface area contributed by atoms with Gasteiger partial charge in [0, 0.05) is 22.3 Å². The molecule has 4 aliphatic heterocycles. The number of nitrogens with zero attached hydrogens (tertiary/aromatic N) is 2. The third-order valence-electron chi connectivity index (χ3n) is 9.03. The monoisotopic (exact) mass is 570 g/mol. The smallest absolute Gasteiger partial charge is 0.225 e. The normalized spacial score (nSPS) is 24.7. The van der Waals surface area contributed by atoms with Gasteiger partial charge in [0.05, 0.1) is 12.2 Å². The van der Waals surface area contributed by atoms with Gasteiger partial charge in [-0.1, -0.05) is 98.8 Å². The van der Waals surface area contributed by atoms with Crippen LogP contribution in [0, 0.1) is 0 Å².